The van der Waals surface area contributed by atoms with E-state index >= 15 is 0 Å². The molecule has 0 aliphatic rings. The molecular weight excluding hydrogens is 303 g/mol. The third-order valence-electron chi connectivity index (χ3n) is 2.34. The second kappa shape index (κ2) is 6.19. The van der Waals surface area contributed by atoms with Gasteiger partial charge in [0.05, 0.1) is 6.20 Å². The molecule has 0 aliphatic heterocycles. The zero-order valence-corrected chi connectivity index (χ0v) is 12.3. The molecule has 0 aliphatic carbocycles. The number of amides is 1. The Kier molecular flexibility index (Phi) is 4.58. The Morgan fingerprint density at radius 1 is 1.37 bits per heavy atom. The molecule has 0 saturated carbocycles. The number of benzene rings is 1. The molecule has 2 rings (SSSR count). The summed E-state index contributed by atoms with van der Waals surface area (Å²) in [5, 5.41) is 4.47. The van der Waals surface area contributed by atoms with E-state index in [1.54, 1.807) is 25.4 Å². The van der Waals surface area contributed by atoms with Crippen LogP contribution in [0.1, 0.15) is 20.2 Å². The smallest absolute Gasteiger partial charge is 0.262 e. The number of rotatable bonds is 3. The highest BCUT2D eigenvalue weighted by molar-refractivity contribution is 7.14. The zero-order chi connectivity index (χ0) is 13.8. The predicted molar refractivity (Wildman–Crippen MR) is 80.9 cm³/mol. The molecule has 98 valence electrons. The predicted octanol–water partition coefficient (Wildman–Crippen LogP) is 3.98. The summed E-state index contributed by atoms with van der Waals surface area (Å²) >= 11 is 13.2. The van der Waals surface area contributed by atoms with Gasteiger partial charge in [0.2, 0.25) is 0 Å². The third kappa shape index (κ3) is 3.56. The number of nitrogens with one attached hydrogen (secondary N) is 1. The molecule has 0 unspecified atom stereocenters. The minimum Gasteiger partial charge on any atom is -0.354 e. The van der Waals surface area contributed by atoms with E-state index < -0.39 is 0 Å². The van der Waals surface area contributed by atoms with Crippen LogP contribution in [0.5, 0.6) is 0 Å². The fourth-order valence-corrected chi connectivity index (χ4v) is 2.63. The zero-order valence-electron chi connectivity index (χ0n) is 9.98. The second-order valence-electron chi connectivity index (χ2n) is 3.64. The molecule has 1 amide bonds. The first-order valence-electron chi connectivity index (χ1n) is 5.41. The van der Waals surface area contributed by atoms with Gasteiger partial charge in [0.1, 0.15) is 9.88 Å². The average molecular weight is 313 g/mol. The quantitative estimate of drug-likeness (QED) is 0.931. The van der Waals surface area contributed by atoms with E-state index in [0.29, 0.717) is 14.9 Å². The van der Waals surface area contributed by atoms with Crippen LogP contribution in [0.15, 0.2) is 24.4 Å². The van der Waals surface area contributed by atoms with Crippen molar-refractivity contribution in [1.29, 1.82) is 0 Å². The summed E-state index contributed by atoms with van der Waals surface area (Å²) in [5.41, 5.74) is 0.850. The Hall–Kier alpha value is -1.36. The van der Waals surface area contributed by atoms with Crippen molar-refractivity contribution in [3.05, 3.63) is 49.9 Å². The molecule has 0 saturated heterocycles. The molecule has 6 heteroatoms. The lowest BCUT2D eigenvalue weighted by Crippen LogP contribution is -2.16. The Balaban J connectivity index is 2.18. The van der Waals surface area contributed by atoms with Crippen LogP contribution in [0.25, 0.3) is 12.2 Å². The molecule has 0 atom stereocenters. The van der Waals surface area contributed by atoms with E-state index in [2.05, 4.69) is 10.3 Å². The summed E-state index contributed by atoms with van der Waals surface area (Å²) in [6.45, 7) is 0. The lowest BCUT2D eigenvalue weighted by molar-refractivity contribution is 0.0967. The van der Waals surface area contributed by atoms with Crippen molar-refractivity contribution < 1.29 is 4.79 Å². The molecule has 19 heavy (non-hydrogen) atoms. The van der Waals surface area contributed by atoms with Crippen molar-refractivity contribution in [1.82, 2.24) is 10.3 Å². The van der Waals surface area contributed by atoms with Crippen molar-refractivity contribution in [3.63, 3.8) is 0 Å². The Labute approximate surface area is 124 Å². The van der Waals surface area contributed by atoms with Crippen molar-refractivity contribution in [3.8, 4) is 0 Å². The van der Waals surface area contributed by atoms with Crippen molar-refractivity contribution >= 4 is 52.6 Å². The normalized spacial score (nSPS) is 10.9. The highest BCUT2D eigenvalue weighted by Crippen LogP contribution is 2.23. The van der Waals surface area contributed by atoms with Gasteiger partial charge >= 0.3 is 0 Å². The van der Waals surface area contributed by atoms with Crippen LogP contribution in [0.4, 0.5) is 0 Å². The summed E-state index contributed by atoms with van der Waals surface area (Å²) in [6.07, 6.45) is 5.20. The van der Waals surface area contributed by atoms with Gasteiger partial charge in [-0.05, 0) is 23.8 Å². The summed E-state index contributed by atoms with van der Waals surface area (Å²) in [7, 11) is 1.59. The maximum absolute atomic E-state index is 11.4. The number of carbonyl (C=O) groups excluding carboxylic acids is 1. The first kappa shape index (κ1) is 14.1. The van der Waals surface area contributed by atoms with Crippen molar-refractivity contribution in [2.24, 2.45) is 0 Å². The van der Waals surface area contributed by atoms with E-state index in [4.69, 9.17) is 23.2 Å². The van der Waals surface area contributed by atoms with Crippen LogP contribution in [0, 0.1) is 0 Å². The Morgan fingerprint density at radius 2 is 2.16 bits per heavy atom. The molecule has 1 N–H and O–H groups in total. The Bertz CT molecular complexity index is 637. The minimum absolute atomic E-state index is 0.137. The number of halogens is 2. The fourth-order valence-electron chi connectivity index (χ4n) is 1.39. The summed E-state index contributed by atoms with van der Waals surface area (Å²) < 4.78 is 0. The SMILES string of the molecule is CNC(=O)c1cnc(/C=C/c2ccc(Cl)cc2Cl)s1. The van der Waals surface area contributed by atoms with Crippen LogP contribution in [-0.2, 0) is 0 Å². The maximum Gasteiger partial charge on any atom is 0.262 e. The van der Waals surface area contributed by atoms with Gasteiger partial charge in [-0.1, -0.05) is 35.3 Å². The van der Waals surface area contributed by atoms with Crippen LogP contribution in [0.2, 0.25) is 10.0 Å². The molecule has 0 radical (unpaired) electrons. The first-order chi connectivity index (χ1) is 9.10. The van der Waals surface area contributed by atoms with Crippen LogP contribution >= 0.6 is 34.5 Å². The standard InChI is InChI=1S/C13H10Cl2N2OS/c1-16-13(18)11-7-17-12(19-11)5-3-8-2-4-9(14)6-10(8)15/h2-7H,1H3,(H,16,18)/b5-3+. The van der Waals surface area contributed by atoms with E-state index in [1.807, 2.05) is 18.2 Å². The lowest BCUT2D eigenvalue weighted by atomic mass is 10.2. The van der Waals surface area contributed by atoms with Crippen LogP contribution in [-0.4, -0.2) is 17.9 Å². The number of aromatic nitrogens is 1. The van der Waals surface area contributed by atoms with Crippen molar-refractivity contribution in [2.75, 3.05) is 7.05 Å². The maximum atomic E-state index is 11.4. The molecule has 0 spiro atoms. The van der Waals surface area contributed by atoms with E-state index in [-0.39, 0.29) is 5.91 Å². The topological polar surface area (TPSA) is 42.0 Å². The van der Waals surface area contributed by atoms with Crippen LogP contribution < -0.4 is 5.32 Å². The molecule has 2 aromatic rings. The summed E-state index contributed by atoms with van der Waals surface area (Å²) in [6, 6.07) is 5.28. The summed E-state index contributed by atoms with van der Waals surface area (Å²) in [4.78, 5) is 16.1. The van der Waals surface area contributed by atoms with Crippen molar-refractivity contribution in [2.45, 2.75) is 0 Å². The number of nitrogens with zero attached hydrogens (tertiary/aromatic N) is 1. The van der Waals surface area contributed by atoms with E-state index in [0.717, 1.165) is 10.6 Å². The molecule has 1 aromatic carbocycles. The van der Waals surface area contributed by atoms with Gasteiger partial charge in [-0.2, -0.15) is 0 Å². The number of hydrogen-bond donors (Lipinski definition) is 1. The number of carbonyl (C=O) groups is 1. The molecular formula is C13H10Cl2N2OS. The molecule has 1 heterocycles. The lowest BCUT2D eigenvalue weighted by Gasteiger charge is -1.97. The number of hydrogen-bond acceptors (Lipinski definition) is 3. The molecule has 1 aromatic heterocycles. The molecule has 0 fully saturated rings. The number of thiazole rings is 1. The van der Waals surface area contributed by atoms with Gasteiger partial charge in [0.25, 0.3) is 5.91 Å². The van der Waals surface area contributed by atoms with Gasteiger partial charge in [-0.15, -0.1) is 11.3 Å². The fraction of sp³-hybridized carbons (Fsp3) is 0.0769. The first-order valence-corrected chi connectivity index (χ1v) is 6.98. The minimum atomic E-state index is -0.137. The van der Waals surface area contributed by atoms with E-state index in [1.165, 1.54) is 11.3 Å². The second-order valence-corrected chi connectivity index (χ2v) is 5.55. The highest BCUT2D eigenvalue weighted by Gasteiger charge is 2.06. The molecule has 0 bridgehead atoms. The van der Waals surface area contributed by atoms with Gasteiger partial charge < -0.3 is 5.32 Å². The molecule has 3 nitrogen and oxygen atoms in total. The van der Waals surface area contributed by atoms with Gasteiger partial charge in [-0.3, -0.25) is 4.79 Å². The van der Waals surface area contributed by atoms with E-state index in [9.17, 15) is 4.79 Å². The van der Waals surface area contributed by atoms with Gasteiger partial charge in [0.15, 0.2) is 0 Å². The van der Waals surface area contributed by atoms with Gasteiger partial charge in [-0.25, -0.2) is 4.98 Å². The average Bonchev–Trinajstić information content (AvgIpc) is 2.85. The Morgan fingerprint density at radius 3 is 2.84 bits per heavy atom. The van der Waals surface area contributed by atoms with Crippen LogP contribution in [0.3, 0.4) is 0 Å². The highest BCUT2D eigenvalue weighted by atomic mass is 35.5. The monoisotopic (exact) mass is 312 g/mol. The largest absolute Gasteiger partial charge is 0.354 e. The third-order valence-corrected chi connectivity index (χ3v) is 3.87. The summed E-state index contributed by atoms with van der Waals surface area (Å²) in [5.74, 6) is -0.137. The van der Waals surface area contributed by atoms with Gasteiger partial charge in [0, 0.05) is 17.1 Å².